The Labute approximate surface area is 172 Å². The lowest BCUT2D eigenvalue weighted by atomic mass is 9.97. The second-order valence-electron chi connectivity index (χ2n) is 7.07. The van der Waals surface area contributed by atoms with E-state index in [1.165, 1.54) is 11.3 Å². The lowest BCUT2D eigenvalue weighted by Gasteiger charge is -2.33. The van der Waals surface area contributed by atoms with E-state index >= 15 is 0 Å². The quantitative estimate of drug-likeness (QED) is 0.680. The van der Waals surface area contributed by atoms with Crippen molar-refractivity contribution in [3.8, 4) is 11.5 Å². The van der Waals surface area contributed by atoms with Gasteiger partial charge in [0.1, 0.15) is 17.2 Å². The van der Waals surface area contributed by atoms with E-state index in [2.05, 4.69) is 35.3 Å². The second-order valence-corrected chi connectivity index (χ2v) is 8.31. The summed E-state index contributed by atoms with van der Waals surface area (Å²) in [5.41, 5.74) is 0.694. The first kappa shape index (κ1) is 19.4. The number of rotatable bonds is 5. The lowest BCUT2D eigenvalue weighted by molar-refractivity contribution is -0.120. The molecule has 10 heteroatoms. The number of aryl methyl sites for hydroxylation is 3. The molecule has 0 aromatic carbocycles. The summed E-state index contributed by atoms with van der Waals surface area (Å²) in [6.07, 6.45) is 5.88. The minimum Gasteiger partial charge on any atom is -0.355 e. The van der Waals surface area contributed by atoms with Gasteiger partial charge in [0.05, 0.1) is 5.92 Å². The Morgan fingerprint density at radius 3 is 2.90 bits per heavy atom. The summed E-state index contributed by atoms with van der Waals surface area (Å²) < 4.78 is 5.41. The minimum absolute atomic E-state index is 0.0116. The van der Waals surface area contributed by atoms with E-state index in [1.807, 2.05) is 20.8 Å². The van der Waals surface area contributed by atoms with Crippen molar-refractivity contribution < 1.29 is 9.32 Å². The number of anilines is 2. The fourth-order valence-corrected chi connectivity index (χ4v) is 4.03. The Bertz CT molecular complexity index is 1020. The number of nitrogens with zero attached hydrogens (tertiary/aromatic N) is 6. The van der Waals surface area contributed by atoms with Crippen LogP contribution in [0.5, 0.6) is 0 Å². The molecule has 0 aliphatic carbocycles. The smallest absolute Gasteiger partial charge is 0.263 e. The molecule has 4 heterocycles. The monoisotopic (exact) mass is 413 g/mol. The summed E-state index contributed by atoms with van der Waals surface area (Å²) in [4.78, 5) is 33.5. The van der Waals surface area contributed by atoms with Crippen LogP contribution in [0, 0.1) is 19.8 Å². The van der Waals surface area contributed by atoms with Crippen LogP contribution in [-0.4, -0.2) is 44.1 Å². The van der Waals surface area contributed by atoms with Crippen LogP contribution >= 0.6 is 11.3 Å². The normalized spacial score (nSPS) is 16.8. The molecule has 4 rings (SSSR count). The van der Waals surface area contributed by atoms with E-state index in [4.69, 9.17) is 4.52 Å². The molecular weight excluding hydrogens is 390 g/mol. The van der Waals surface area contributed by atoms with Crippen molar-refractivity contribution in [1.82, 2.24) is 25.1 Å². The van der Waals surface area contributed by atoms with E-state index in [1.54, 1.807) is 12.4 Å². The van der Waals surface area contributed by atoms with Crippen molar-refractivity contribution in [3.05, 3.63) is 28.9 Å². The maximum absolute atomic E-state index is 12.8. The summed E-state index contributed by atoms with van der Waals surface area (Å²) in [6.45, 7) is 7.15. The largest absolute Gasteiger partial charge is 0.355 e. The molecule has 1 amide bonds. The first-order valence-corrected chi connectivity index (χ1v) is 10.5. The van der Waals surface area contributed by atoms with Crippen LogP contribution in [0.15, 0.2) is 16.9 Å². The fraction of sp³-hybridized carbons (Fsp3) is 0.474. The van der Waals surface area contributed by atoms with Gasteiger partial charge in [0, 0.05) is 36.8 Å². The van der Waals surface area contributed by atoms with Crippen LogP contribution in [-0.2, 0) is 11.2 Å². The molecule has 1 N–H and O–H groups in total. The van der Waals surface area contributed by atoms with Gasteiger partial charge >= 0.3 is 0 Å². The number of piperidine rings is 1. The molecule has 1 unspecified atom stereocenters. The molecule has 0 bridgehead atoms. The van der Waals surface area contributed by atoms with Crippen molar-refractivity contribution in [2.75, 3.05) is 23.3 Å². The van der Waals surface area contributed by atoms with Crippen molar-refractivity contribution in [3.63, 3.8) is 0 Å². The summed E-state index contributed by atoms with van der Waals surface area (Å²) >= 11 is 1.48. The Balaban J connectivity index is 1.56. The minimum atomic E-state index is -0.148. The first-order valence-electron chi connectivity index (χ1n) is 9.68. The first-order chi connectivity index (χ1) is 14.0. The highest BCUT2D eigenvalue weighted by Crippen LogP contribution is 2.31. The van der Waals surface area contributed by atoms with Crippen LogP contribution in [0.25, 0.3) is 11.5 Å². The summed E-state index contributed by atoms with van der Waals surface area (Å²) in [7, 11) is 0. The maximum Gasteiger partial charge on any atom is 0.263 e. The maximum atomic E-state index is 12.8. The van der Waals surface area contributed by atoms with Crippen LogP contribution in [0.2, 0.25) is 0 Å². The number of hydrogen-bond donors (Lipinski definition) is 1. The Hall–Kier alpha value is -2.88. The second kappa shape index (κ2) is 8.24. The predicted molar refractivity (Wildman–Crippen MR) is 110 cm³/mol. The molecule has 1 atom stereocenters. The number of hydrogen-bond acceptors (Lipinski definition) is 9. The highest BCUT2D eigenvalue weighted by atomic mass is 32.1. The van der Waals surface area contributed by atoms with Gasteiger partial charge in [-0.3, -0.25) is 4.79 Å². The highest BCUT2D eigenvalue weighted by molar-refractivity contribution is 7.15. The van der Waals surface area contributed by atoms with E-state index in [9.17, 15) is 4.79 Å². The molecule has 1 saturated heterocycles. The van der Waals surface area contributed by atoms with E-state index in [-0.39, 0.29) is 11.8 Å². The molecule has 29 heavy (non-hydrogen) atoms. The summed E-state index contributed by atoms with van der Waals surface area (Å²) in [5, 5.41) is 7.56. The zero-order chi connectivity index (χ0) is 20.4. The molecular formula is C19H23N7O2S. The highest BCUT2D eigenvalue weighted by Gasteiger charge is 2.29. The molecule has 3 aromatic heterocycles. The lowest BCUT2D eigenvalue weighted by Crippen LogP contribution is -2.41. The number of thiazole rings is 1. The zero-order valence-corrected chi connectivity index (χ0v) is 17.5. The van der Waals surface area contributed by atoms with Crippen molar-refractivity contribution in [1.29, 1.82) is 0 Å². The van der Waals surface area contributed by atoms with Gasteiger partial charge in [-0.1, -0.05) is 12.1 Å². The molecule has 0 radical (unpaired) electrons. The van der Waals surface area contributed by atoms with Gasteiger partial charge in [-0.2, -0.15) is 4.98 Å². The molecule has 1 aliphatic rings. The number of nitrogens with one attached hydrogen (secondary N) is 1. The third kappa shape index (κ3) is 4.26. The fourth-order valence-electron chi connectivity index (χ4n) is 3.36. The van der Waals surface area contributed by atoms with Gasteiger partial charge in [0.15, 0.2) is 11.0 Å². The zero-order valence-electron chi connectivity index (χ0n) is 16.7. The topological polar surface area (TPSA) is 110 Å². The van der Waals surface area contributed by atoms with Gasteiger partial charge < -0.3 is 14.7 Å². The summed E-state index contributed by atoms with van der Waals surface area (Å²) in [5.74, 6) is 2.27. The van der Waals surface area contributed by atoms with E-state index in [0.29, 0.717) is 41.2 Å². The van der Waals surface area contributed by atoms with Crippen molar-refractivity contribution in [2.24, 2.45) is 5.92 Å². The number of carbonyl (C=O) groups excluding carboxylic acids is 1. The Kier molecular flexibility index (Phi) is 5.52. The molecule has 1 fully saturated rings. The van der Waals surface area contributed by atoms with Gasteiger partial charge in [-0.15, -0.1) is 11.3 Å². The van der Waals surface area contributed by atoms with E-state index < -0.39 is 0 Å². The molecule has 1 aliphatic heterocycles. The summed E-state index contributed by atoms with van der Waals surface area (Å²) in [6, 6.07) is 0. The molecule has 0 spiro atoms. The number of amides is 1. The molecule has 0 saturated carbocycles. The Morgan fingerprint density at radius 1 is 1.31 bits per heavy atom. The SMILES string of the molecule is CCc1noc(-c2cnc(C)nc2N2CCCC(C(=O)Nc3ncc(C)s3)C2)n1. The van der Waals surface area contributed by atoms with Gasteiger partial charge in [0.25, 0.3) is 5.89 Å². The van der Waals surface area contributed by atoms with Crippen LogP contribution < -0.4 is 10.2 Å². The standard InChI is InChI=1S/C19H23N7O2S/c1-4-15-23-18(28-25-15)14-9-20-12(3)22-16(14)26-7-5-6-13(10-26)17(27)24-19-21-8-11(2)29-19/h8-9,13H,4-7,10H2,1-3H3,(H,21,24,27). The molecule has 9 nitrogen and oxygen atoms in total. The van der Waals surface area contributed by atoms with Crippen LogP contribution in [0.3, 0.4) is 0 Å². The number of carbonyl (C=O) groups is 1. The van der Waals surface area contributed by atoms with Gasteiger partial charge in [-0.25, -0.2) is 15.0 Å². The average molecular weight is 414 g/mol. The molecule has 152 valence electrons. The third-order valence-corrected chi connectivity index (χ3v) is 5.68. The van der Waals surface area contributed by atoms with Crippen molar-refractivity contribution >= 4 is 28.2 Å². The Morgan fingerprint density at radius 2 is 2.17 bits per heavy atom. The molecule has 3 aromatic rings. The van der Waals surface area contributed by atoms with Gasteiger partial charge in [-0.05, 0) is 26.7 Å². The van der Waals surface area contributed by atoms with Crippen LogP contribution in [0.1, 0.15) is 36.3 Å². The predicted octanol–water partition coefficient (Wildman–Crippen LogP) is 3.02. The third-order valence-electron chi connectivity index (χ3n) is 4.85. The average Bonchev–Trinajstić information content (AvgIpc) is 3.37. The van der Waals surface area contributed by atoms with Gasteiger partial charge in [0.2, 0.25) is 5.91 Å². The van der Waals surface area contributed by atoms with Crippen molar-refractivity contribution in [2.45, 2.75) is 40.0 Å². The van der Waals surface area contributed by atoms with E-state index in [0.717, 1.165) is 30.1 Å². The van der Waals surface area contributed by atoms with Crippen LogP contribution in [0.4, 0.5) is 10.9 Å². The number of aromatic nitrogens is 5.